The molecule has 0 saturated carbocycles. The number of rotatable bonds is 5. The van der Waals surface area contributed by atoms with Gasteiger partial charge in [-0.2, -0.15) is 0 Å². The summed E-state index contributed by atoms with van der Waals surface area (Å²) in [6.45, 7) is 5.78. The second-order valence-electron chi connectivity index (χ2n) is 5.22. The number of anilines is 1. The van der Waals surface area contributed by atoms with Gasteiger partial charge in [0.1, 0.15) is 6.10 Å². The smallest absolute Gasteiger partial charge is 0.253 e. The predicted octanol–water partition coefficient (Wildman–Crippen LogP) is 2.30. The molecule has 2 N–H and O–H groups in total. The molecule has 1 heterocycles. The first kappa shape index (κ1) is 14.0. The maximum absolute atomic E-state index is 11.9. The number of carbonyl (C=O) groups is 1. The van der Waals surface area contributed by atoms with E-state index in [4.69, 9.17) is 4.74 Å². The summed E-state index contributed by atoms with van der Waals surface area (Å²) in [5.41, 5.74) is 2.04. The average molecular weight is 262 g/mol. The van der Waals surface area contributed by atoms with Crippen LogP contribution in [0, 0.1) is 0 Å². The van der Waals surface area contributed by atoms with Crippen molar-refractivity contribution in [2.24, 2.45) is 0 Å². The van der Waals surface area contributed by atoms with Crippen molar-refractivity contribution >= 4 is 11.6 Å². The molecule has 1 saturated heterocycles. The van der Waals surface area contributed by atoms with Crippen molar-refractivity contribution in [3.8, 4) is 0 Å². The van der Waals surface area contributed by atoms with E-state index in [0.29, 0.717) is 12.6 Å². The van der Waals surface area contributed by atoms with Crippen molar-refractivity contribution in [3.63, 3.8) is 0 Å². The van der Waals surface area contributed by atoms with Gasteiger partial charge in [-0.15, -0.1) is 0 Å². The van der Waals surface area contributed by atoms with E-state index >= 15 is 0 Å². The lowest BCUT2D eigenvalue weighted by Gasteiger charge is -2.11. The Balaban J connectivity index is 1.85. The Morgan fingerprint density at radius 3 is 2.68 bits per heavy atom. The van der Waals surface area contributed by atoms with Crippen molar-refractivity contribution in [3.05, 3.63) is 29.8 Å². The molecule has 4 nitrogen and oxygen atoms in total. The Morgan fingerprint density at radius 1 is 1.37 bits per heavy atom. The number of ether oxygens (including phenoxy) is 1. The number of amides is 1. The lowest BCUT2D eigenvalue weighted by molar-refractivity contribution is -0.124. The Morgan fingerprint density at radius 2 is 2.11 bits per heavy atom. The highest BCUT2D eigenvalue weighted by atomic mass is 16.5. The summed E-state index contributed by atoms with van der Waals surface area (Å²) in [7, 11) is 0. The van der Waals surface area contributed by atoms with Crippen LogP contribution >= 0.6 is 0 Å². The summed E-state index contributed by atoms with van der Waals surface area (Å²) in [6, 6.07) is 8.40. The molecule has 1 aromatic carbocycles. The van der Waals surface area contributed by atoms with Gasteiger partial charge >= 0.3 is 0 Å². The third-order valence-electron chi connectivity index (χ3n) is 3.16. The minimum Gasteiger partial charge on any atom is -0.368 e. The lowest BCUT2D eigenvalue weighted by atomic mass is 10.2. The molecular formula is C15H22N2O2. The van der Waals surface area contributed by atoms with Crippen LogP contribution in [0.3, 0.4) is 0 Å². The van der Waals surface area contributed by atoms with Crippen molar-refractivity contribution in [1.82, 2.24) is 5.32 Å². The highest BCUT2D eigenvalue weighted by molar-refractivity contribution is 5.94. The minimum absolute atomic E-state index is 0.0365. The molecule has 1 amide bonds. The molecule has 1 atom stereocenters. The quantitative estimate of drug-likeness (QED) is 0.856. The first-order valence-electron chi connectivity index (χ1n) is 6.90. The van der Waals surface area contributed by atoms with Crippen LogP contribution < -0.4 is 10.6 Å². The predicted molar refractivity (Wildman–Crippen MR) is 76.0 cm³/mol. The summed E-state index contributed by atoms with van der Waals surface area (Å²) >= 11 is 0. The topological polar surface area (TPSA) is 50.4 Å². The average Bonchev–Trinajstić information content (AvgIpc) is 2.92. The van der Waals surface area contributed by atoms with Gasteiger partial charge in [0.15, 0.2) is 0 Å². The van der Waals surface area contributed by atoms with Crippen LogP contribution in [0.5, 0.6) is 0 Å². The SMILES string of the molecule is CC(C)NCc1ccc(NC(=O)C2CCCO2)cc1. The number of benzene rings is 1. The summed E-state index contributed by atoms with van der Waals surface area (Å²) in [5.74, 6) is -0.0365. The normalized spacial score (nSPS) is 18.8. The van der Waals surface area contributed by atoms with Crippen LogP contribution in [0.2, 0.25) is 0 Å². The van der Waals surface area contributed by atoms with E-state index in [0.717, 1.165) is 25.1 Å². The molecule has 1 aromatic rings. The van der Waals surface area contributed by atoms with Gasteiger partial charge in [-0.25, -0.2) is 0 Å². The first-order valence-corrected chi connectivity index (χ1v) is 6.90. The molecule has 0 bridgehead atoms. The van der Waals surface area contributed by atoms with E-state index in [9.17, 15) is 4.79 Å². The van der Waals surface area contributed by atoms with E-state index in [1.54, 1.807) is 0 Å². The van der Waals surface area contributed by atoms with Crippen molar-refractivity contribution in [1.29, 1.82) is 0 Å². The van der Waals surface area contributed by atoms with Crippen LogP contribution in [0.25, 0.3) is 0 Å². The van der Waals surface area contributed by atoms with Gasteiger partial charge in [-0.05, 0) is 30.5 Å². The van der Waals surface area contributed by atoms with Gasteiger partial charge in [-0.1, -0.05) is 26.0 Å². The van der Waals surface area contributed by atoms with Crippen molar-refractivity contribution in [2.45, 2.75) is 45.4 Å². The summed E-state index contributed by atoms with van der Waals surface area (Å²) in [4.78, 5) is 11.9. The fourth-order valence-corrected chi connectivity index (χ4v) is 2.04. The second kappa shape index (κ2) is 6.68. The van der Waals surface area contributed by atoms with Crippen LogP contribution in [-0.2, 0) is 16.1 Å². The van der Waals surface area contributed by atoms with Crippen LogP contribution in [-0.4, -0.2) is 24.7 Å². The fraction of sp³-hybridized carbons (Fsp3) is 0.533. The van der Waals surface area contributed by atoms with E-state index in [1.807, 2.05) is 24.3 Å². The molecular weight excluding hydrogens is 240 g/mol. The van der Waals surface area contributed by atoms with Gasteiger partial charge in [0.05, 0.1) is 0 Å². The molecule has 0 aliphatic carbocycles. The molecule has 1 unspecified atom stereocenters. The van der Waals surface area contributed by atoms with Crippen molar-refractivity contribution in [2.75, 3.05) is 11.9 Å². The van der Waals surface area contributed by atoms with E-state index in [2.05, 4.69) is 24.5 Å². The largest absolute Gasteiger partial charge is 0.368 e. The Labute approximate surface area is 114 Å². The molecule has 0 spiro atoms. The highest BCUT2D eigenvalue weighted by Gasteiger charge is 2.23. The summed E-state index contributed by atoms with van der Waals surface area (Å²) in [5, 5.41) is 6.25. The molecule has 0 radical (unpaired) electrons. The highest BCUT2D eigenvalue weighted by Crippen LogP contribution is 2.15. The van der Waals surface area contributed by atoms with Gasteiger partial charge in [-0.3, -0.25) is 4.79 Å². The first-order chi connectivity index (χ1) is 9.15. The maximum Gasteiger partial charge on any atom is 0.253 e. The fourth-order valence-electron chi connectivity index (χ4n) is 2.04. The zero-order valence-corrected chi connectivity index (χ0v) is 11.6. The number of hydrogen-bond acceptors (Lipinski definition) is 3. The minimum atomic E-state index is -0.276. The molecule has 104 valence electrons. The van der Waals surface area contributed by atoms with Gasteiger partial charge in [0.25, 0.3) is 5.91 Å². The van der Waals surface area contributed by atoms with Crippen molar-refractivity contribution < 1.29 is 9.53 Å². The Bertz CT molecular complexity index is 409. The number of nitrogens with one attached hydrogen (secondary N) is 2. The van der Waals surface area contributed by atoms with Crippen LogP contribution in [0.15, 0.2) is 24.3 Å². The zero-order chi connectivity index (χ0) is 13.7. The summed E-state index contributed by atoms with van der Waals surface area (Å²) in [6.07, 6.45) is 1.52. The maximum atomic E-state index is 11.9. The summed E-state index contributed by atoms with van der Waals surface area (Å²) < 4.78 is 5.35. The lowest BCUT2D eigenvalue weighted by Crippen LogP contribution is -2.26. The zero-order valence-electron chi connectivity index (χ0n) is 11.6. The molecule has 1 fully saturated rings. The Hall–Kier alpha value is -1.39. The molecule has 1 aliphatic heterocycles. The van der Waals surface area contributed by atoms with E-state index in [-0.39, 0.29) is 12.0 Å². The van der Waals surface area contributed by atoms with E-state index in [1.165, 1.54) is 5.56 Å². The molecule has 4 heteroatoms. The van der Waals surface area contributed by atoms with Crippen LogP contribution in [0.4, 0.5) is 5.69 Å². The molecule has 0 aromatic heterocycles. The van der Waals surface area contributed by atoms with Gasteiger partial charge in [0.2, 0.25) is 0 Å². The molecule has 2 rings (SSSR count). The van der Waals surface area contributed by atoms with Gasteiger partial charge < -0.3 is 15.4 Å². The van der Waals surface area contributed by atoms with E-state index < -0.39 is 0 Å². The molecule has 19 heavy (non-hydrogen) atoms. The number of carbonyl (C=O) groups excluding carboxylic acids is 1. The monoisotopic (exact) mass is 262 g/mol. The Kier molecular flexibility index (Phi) is 4.93. The standard InChI is InChI=1S/C15H22N2O2/c1-11(2)16-10-12-5-7-13(8-6-12)17-15(18)14-4-3-9-19-14/h5-8,11,14,16H,3-4,9-10H2,1-2H3,(H,17,18). The second-order valence-corrected chi connectivity index (χ2v) is 5.22. The van der Waals surface area contributed by atoms with Gasteiger partial charge in [0, 0.05) is 24.9 Å². The third-order valence-corrected chi connectivity index (χ3v) is 3.16. The van der Waals surface area contributed by atoms with Crippen LogP contribution in [0.1, 0.15) is 32.3 Å². The third kappa shape index (κ3) is 4.33. The molecule has 1 aliphatic rings. The number of hydrogen-bond donors (Lipinski definition) is 2.